The molecule has 3 rings (SSSR count). The monoisotopic (exact) mass is 442 g/mol. The number of ether oxygens (including phenoxy) is 4. The third-order valence-corrected chi connectivity index (χ3v) is 7.17. The third-order valence-electron chi connectivity index (χ3n) is 7.17. The average molecular weight is 443 g/mol. The van der Waals surface area contributed by atoms with E-state index < -0.39 is 24.4 Å². The van der Waals surface area contributed by atoms with Crippen molar-refractivity contribution in [2.24, 2.45) is 11.8 Å². The Hall–Kier alpha value is -1.03. The molecule has 3 fully saturated rings. The number of hydrogen-bond acceptors (Lipinski definition) is 8. The topological polar surface area (TPSA) is 115 Å². The van der Waals surface area contributed by atoms with Gasteiger partial charge in [-0.25, -0.2) is 0 Å². The van der Waals surface area contributed by atoms with Crippen LogP contribution in [0.5, 0.6) is 0 Å². The summed E-state index contributed by atoms with van der Waals surface area (Å²) in [4.78, 5) is 11.5. The van der Waals surface area contributed by atoms with Crippen molar-refractivity contribution in [1.29, 1.82) is 0 Å². The standard InChI is InChI=1S/C23H38O8/c1-12-9-15(5-6-21(26)28-4)29-18(13(12)2)11-19-22(27)14(3)23-20(30-19)10-16(25)17(31-23)7-8-24/h12,14-20,22-25,27H,2,5-11H2,1,3-4H3/t12-,14-,15+,16?,17-,18?,19+,20+,22-,23+/m1/s1. The molecule has 8 nitrogen and oxygen atoms in total. The van der Waals surface area contributed by atoms with Crippen LogP contribution in [-0.2, 0) is 23.7 Å². The molecule has 3 saturated heterocycles. The van der Waals surface area contributed by atoms with Gasteiger partial charge in [-0.3, -0.25) is 4.79 Å². The lowest BCUT2D eigenvalue weighted by Crippen LogP contribution is -2.60. The number of fused-ring (bicyclic) bond motifs is 1. The lowest BCUT2D eigenvalue weighted by Gasteiger charge is -2.50. The zero-order valence-electron chi connectivity index (χ0n) is 18.8. The molecule has 3 heterocycles. The fourth-order valence-electron chi connectivity index (χ4n) is 5.14. The first-order valence-corrected chi connectivity index (χ1v) is 11.4. The van der Waals surface area contributed by atoms with Crippen LogP contribution in [0.1, 0.15) is 52.4 Å². The predicted molar refractivity (Wildman–Crippen MR) is 112 cm³/mol. The maximum absolute atomic E-state index is 11.5. The highest BCUT2D eigenvalue weighted by atomic mass is 16.6. The first-order chi connectivity index (χ1) is 14.7. The van der Waals surface area contributed by atoms with E-state index in [0.717, 1.165) is 12.0 Å². The Balaban J connectivity index is 1.63. The summed E-state index contributed by atoms with van der Waals surface area (Å²) >= 11 is 0. The summed E-state index contributed by atoms with van der Waals surface area (Å²) in [6.07, 6.45) is -0.432. The molecule has 0 aromatic rings. The Morgan fingerprint density at radius 1 is 1.13 bits per heavy atom. The van der Waals surface area contributed by atoms with Crippen molar-refractivity contribution < 1.29 is 39.1 Å². The molecule has 0 radical (unpaired) electrons. The second-order valence-corrected chi connectivity index (χ2v) is 9.33. The fourth-order valence-corrected chi connectivity index (χ4v) is 5.14. The van der Waals surface area contributed by atoms with Gasteiger partial charge in [0.2, 0.25) is 0 Å². The van der Waals surface area contributed by atoms with Crippen molar-refractivity contribution >= 4 is 5.97 Å². The minimum atomic E-state index is -0.742. The second kappa shape index (κ2) is 10.7. The number of esters is 1. The summed E-state index contributed by atoms with van der Waals surface area (Å²) in [5.74, 6) is -0.188. The largest absolute Gasteiger partial charge is 0.469 e. The zero-order valence-corrected chi connectivity index (χ0v) is 18.8. The molecule has 8 heteroatoms. The summed E-state index contributed by atoms with van der Waals surface area (Å²) in [6, 6.07) is 0. The Kier molecular flexibility index (Phi) is 8.51. The first kappa shape index (κ1) is 24.6. The highest BCUT2D eigenvalue weighted by Crippen LogP contribution is 2.40. The number of aliphatic hydroxyl groups is 3. The second-order valence-electron chi connectivity index (χ2n) is 9.33. The van der Waals surface area contributed by atoms with Gasteiger partial charge in [0.15, 0.2) is 0 Å². The number of methoxy groups -OCH3 is 1. The van der Waals surface area contributed by atoms with E-state index in [1.54, 1.807) is 0 Å². The van der Waals surface area contributed by atoms with Gasteiger partial charge in [-0.2, -0.15) is 0 Å². The average Bonchev–Trinajstić information content (AvgIpc) is 2.74. The number of carbonyl (C=O) groups excluding carboxylic acids is 1. The van der Waals surface area contributed by atoms with Crippen molar-refractivity contribution in [2.45, 2.75) is 101 Å². The van der Waals surface area contributed by atoms with E-state index >= 15 is 0 Å². The van der Waals surface area contributed by atoms with Crippen molar-refractivity contribution in [3.05, 3.63) is 12.2 Å². The molecule has 0 spiro atoms. The molecule has 0 bridgehead atoms. The van der Waals surface area contributed by atoms with Gasteiger partial charge in [-0.05, 0) is 30.8 Å². The van der Waals surface area contributed by atoms with E-state index in [2.05, 4.69) is 13.5 Å². The van der Waals surface area contributed by atoms with Crippen LogP contribution in [0.4, 0.5) is 0 Å². The maximum Gasteiger partial charge on any atom is 0.305 e. The normalized spacial score (nSPS) is 43.4. The minimum Gasteiger partial charge on any atom is -0.469 e. The van der Waals surface area contributed by atoms with Gasteiger partial charge in [0.05, 0.1) is 55.9 Å². The molecule has 0 aromatic heterocycles. The van der Waals surface area contributed by atoms with Crippen molar-refractivity contribution in [1.82, 2.24) is 0 Å². The molecule has 0 aromatic carbocycles. The van der Waals surface area contributed by atoms with Crippen LogP contribution in [0.15, 0.2) is 12.2 Å². The van der Waals surface area contributed by atoms with Crippen LogP contribution in [0, 0.1) is 11.8 Å². The lowest BCUT2D eigenvalue weighted by molar-refractivity contribution is -0.269. The molecular formula is C23H38O8. The Morgan fingerprint density at radius 2 is 1.87 bits per heavy atom. The molecule has 0 aliphatic carbocycles. The Labute approximate surface area is 184 Å². The third kappa shape index (κ3) is 5.67. The number of carbonyl (C=O) groups is 1. The number of hydrogen-bond donors (Lipinski definition) is 3. The first-order valence-electron chi connectivity index (χ1n) is 11.4. The Bertz CT molecular complexity index is 625. The van der Waals surface area contributed by atoms with Gasteiger partial charge in [-0.1, -0.05) is 20.4 Å². The van der Waals surface area contributed by atoms with Gasteiger partial charge in [-0.15, -0.1) is 0 Å². The van der Waals surface area contributed by atoms with Crippen LogP contribution in [0.25, 0.3) is 0 Å². The summed E-state index contributed by atoms with van der Waals surface area (Å²) in [5, 5.41) is 30.5. The van der Waals surface area contributed by atoms with Gasteiger partial charge < -0.3 is 34.3 Å². The predicted octanol–water partition coefficient (Wildman–Crippen LogP) is 1.34. The summed E-state index contributed by atoms with van der Waals surface area (Å²) < 4.78 is 23.2. The van der Waals surface area contributed by atoms with Gasteiger partial charge in [0.1, 0.15) is 0 Å². The van der Waals surface area contributed by atoms with Crippen LogP contribution in [-0.4, -0.2) is 83.8 Å². The van der Waals surface area contributed by atoms with Gasteiger partial charge >= 0.3 is 5.97 Å². The van der Waals surface area contributed by atoms with E-state index in [1.165, 1.54) is 7.11 Å². The number of aliphatic hydroxyl groups excluding tert-OH is 3. The SMILES string of the molecule is C=C1C(C[C@@H]2O[C@H]3CC(O)[C@@H](CCO)O[C@H]3[C@H](C)[C@H]2O)O[C@@H](CCC(=O)OC)C[C@H]1C. The lowest BCUT2D eigenvalue weighted by atomic mass is 9.79. The van der Waals surface area contributed by atoms with Crippen molar-refractivity contribution in [3.63, 3.8) is 0 Å². The number of rotatable bonds is 7. The summed E-state index contributed by atoms with van der Waals surface area (Å²) in [7, 11) is 1.38. The fraction of sp³-hybridized carbons (Fsp3) is 0.870. The molecule has 178 valence electrons. The molecule has 0 amide bonds. The van der Waals surface area contributed by atoms with Crippen molar-refractivity contribution in [3.8, 4) is 0 Å². The Morgan fingerprint density at radius 3 is 2.55 bits per heavy atom. The van der Waals surface area contributed by atoms with Gasteiger partial charge in [0.25, 0.3) is 0 Å². The van der Waals surface area contributed by atoms with E-state index in [-0.39, 0.29) is 48.8 Å². The smallest absolute Gasteiger partial charge is 0.305 e. The summed E-state index contributed by atoms with van der Waals surface area (Å²) in [5.41, 5.74) is 0.975. The molecule has 3 aliphatic heterocycles. The quantitative estimate of drug-likeness (QED) is 0.400. The zero-order chi connectivity index (χ0) is 22.7. The van der Waals surface area contributed by atoms with Crippen LogP contribution in [0.2, 0.25) is 0 Å². The van der Waals surface area contributed by atoms with Crippen LogP contribution in [0.3, 0.4) is 0 Å². The molecule has 2 unspecified atom stereocenters. The van der Waals surface area contributed by atoms with Crippen molar-refractivity contribution in [2.75, 3.05) is 13.7 Å². The molecule has 0 saturated carbocycles. The maximum atomic E-state index is 11.5. The minimum absolute atomic E-state index is 0.0595. The van der Waals surface area contributed by atoms with Gasteiger partial charge in [0, 0.05) is 31.8 Å². The summed E-state index contributed by atoms with van der Waals surface area (Å²) in [6.45, 7) is 8.19. The van der Waals surface area contributed by atoms with E-state index in [1.807, 2.05) is 6.92 Å². The molecule has 3 aliphatic rings. The highest BCUT2D eigenvalue weighted by molar-refractivity contribution is 5.69. The van der Waals surface area contributed by atoms with E-state index in [0.29, 0.717) is 32.1 Å². The van der Waals surface area contributed by atoms with Crippen LogP contribution < -0.4 is 0 Å². The van der Waals surface area contributed by atoms with Crippen LogP contribution >= 0.6 is 0 Å². The molecule has 10 atom stereocenters. The highest BCUT2D eigenvalue weighted by Gasteiger charge is 2.49. The van der Waals surface area contributed by atoms with E-state index in [9.17, 15) is 20.1 Å². The molecular weight excluding hydrogens is 404 g/mol. The molecule has 3 N–H and O–H groups in total. The molecule has 31 heavy (non-hydrogen) atoms. The van der Waals surface area contributed by atoms with E-state index in [4.69, 9.17) is 18.9 Å².